The van der Waals surface area contributed by atoms with Gasteiger partial charge in [-0.25, -0.2) is 0 Å². The standard InChI is InChI=1S/C26H51NO3/c1-3-5-7-9-11-13-15-17-19-25(29)23-27(21-22-28)24-26(30)20-18-16-14-12-10-8-6-4-2/h15-18,25-26,28-30H,3-14,19-24H2,1-2H3/b17-15+,18-16+. The van der Waals surface area contributed by atoms with Crippen molar-refractivity contribution in [3.63, 3.8) is 0 Å². The van der Waals surface area contributed by atoms with Crippen molar-refractivity contribution in [1.29, 1.82) is 0 Å². The van der Waals surface area contributed by atoms with E-state index in [1.165, 1.54) is 64.2 Å². The molecular formula is C26H51NO3. The Kier molecular flexibility index (Phi) is 22.5. The lowest BCUT2D eigenvalue weighted by Gasteiger charge is -2.26. The van der Waals surface area contributed by atoms with Gasteiger partial charge in [-0.3, -0.25) is 4.90 Å². The molecule has 0 aliphatic heterocycles. The summed E-state index contributed by atoms with van der Waals surface area (Å²) < 4.78 is 0. The first-order valence-corrected chi connectivity index (χ1v) is 12.6. The molecule has 0 bridgehead atoms. The van der Waals surface area contributed by atoms with Crippen molar-refractivity contribution in [1.82, 2.24) is 4.90 Å². The van der Waals surface area contributed by atoms with Crippen molar-refractivity contribution in [3.05, 3.63) is 24.3 Å². The Morgan fingerprint density at radius 2 is 1.07 bits per heavy atom. The van der Waals surface area contributed by atoms with E-state index in [0.717, 1.165) is 12.8 Å². The summed E-state index contributed by atoms with van der Waals surface area (Å²) in [5.74, 6) is 0. The summed E-state index contributed by atoms with van der Waals surface area (Å²) in [6, 6.07) is 0. The number of unbranched alkanes of at least 4 members (excludes halogenated alkanes) is 10. The Morgan fingerprint density at radius 3 is 1.47 bits per heavy atom. The molecule has 3 N–H and O–H groups in total. The van der Waals surface area contributed by atoms with Crippen molar-refractivity contribution in [2.45, 2.75) is 116 Å². The Morgan fingerprint density at radius 1 is 0.633 bits per heavy atom. The summed E-state index contributed by atoms with van der Waals surface area (Å²) >= 11 is 0. The third-order valence-corrected chi connectivity index (χ3v) is 5.45. The largest absolute Gasteiger partial charge is 0.395 e. The molecule has 0 aromatic heterocycles. The molecule has 2 atom stereocenters. The first-order chi connectivity index (χ1) is 14.6. The quantitative estimate of drug-likeness (QED) is 0.156. The van der Waals surface area contributed by atoms with Gasteiger partial charge in [-0.15, -0.1) is 0 Å². The van der Waals surface area contributed by atoms with Crippen LogP contribution >= 0.6 is 0 Å². The SMILES string of the molecule is CCCCCCC/C=C/CC(O)CN(CCO)CC(O)C/C=C/CCCCCCC. The number of hydrogen-bond donors (Lipinski definition) is 3. The molecule has 30 heavy (non-hydrogen) atoms. The van der Waals surface area contributed by atoms with Crippen LogP contribution in [-0.2, 0) is 0 Å². The molecule has 0 spiro atoms. The van der Waals surface area contributed by atoms with Gasteiger partial charge in [0.25, 0.3) is 0 Å². The average molecular weight is 426 g/mol. The third kappa shape index (κ3) is 20.6. The maximum Gasteiger partial charge on any atom is 0.0701 e. The molecule has 0 aromatic rings. The van der Waals surface area contributed by atoms with Crippen LogP contribution < -0.4 is 0 Å². The summed E-state index contributed by atoms with van der Waals surface area (Å²) in [5, 5.41) is 29.9. The molecule has 0 aromatic carbocycles. The van der Waals surface area contributed by atoms with Crippen molar-refractivity contribution in [2.24, 2.45) is 0 Å². The third-order valence-electron chi connectivity index (χ3n) is 5.45. The van der Waals surface area contributed by atoms with Crippen molar-refractivity contribution in [2.75, 3.05) is 26.2 Å². The van der Waals surface area contributed by atoms with Crippen LogP contribution in [0.25, 0.3) is 0 Å². The average Bonchev–Trinajstić information content (AvgIpc) is 2.72. The maximum atomic E-state index is 10.3. The fourth-order valence-corrected chi connectivity index (χ4v) is 3.62. The second-order valence-corrected chi connectivity index (χ2v) is 8.61. The van der Waals surface area contributed by atoms with Crippen LogP contribution in [0.4, 0.5) is 0 Å². The highest BCUT2D eigenvalue weighted by Gasteiger charge is 2.14. The molecule has 4 nitrogen and oxygen atoms in total. The minimum absolute atomic E-state index is 0.0423. The highest BCUT2D eigenvalue weighted by molar-refractivity contribution is 4.87. The Balaban J connectivity index is 3.97. The number of aliphatic hydroxyl groups is 3. The second kappa shape index (κ2) is 23.0. The zero-order valence-corrected chi connectivity index (χ0v) is 20.0. The molecule has 178 valence electrons. The van der Waals surface area contributed by atoms with E-state index in [4.69, 9.17) is 0 Å². The zero-order chi connectivity index (χ0) is 22.3. The van der Waals surface area contributed by atoms with Gasteiger partial charge in [0.2, 0.25) is 0 Å². The summed E-state index contributed by atoms with van der Waals surface area (Å²) in [4.78, 5) is 1.96. The molecule has 0 fully saturated rings. The molecule has 0 heterocycles. The zero-order valence-electron chi connectivity index (χ0n) is 20.0. The topological polar surface area (TPSA) is 63.9 Å². The van der Waals surface area contributed by atoms with Crippen LogP contribution in [0.5, 0.6) is 0 Å². The normalized spacial score (nSPS) is 14.3. The summed E-state index contributed by atoms with van der Waals surface area (Å²) in [5.41, 5.74) is 0. The molecule has 0 rings (SSSR count). The number of nitrogens with zero attached hydrogens (tertiary/aromatic N) is 1. The fourth-order valence-electron chi connectivity index (χ4n) is 3.62. The highest BCUT2D eigenvalue weighted by Crippen LogP contribution is 2.08. The van der Waals surface area contributed by atoms with Gasteiger partial charge in [0, 0.05) is 19.6 Å². The van der Waals surface area contributed by atoms with Gasteiger partial charge in [0.15, 0.2) is 0 Å². The molecule has 0 radical (unpaired) electrons. The number of rotatable bonds is 22. The van der Waals surface area contributed by atoms with Crippen LogP contribution in [-0.4, -0.2) is 58.7 Å². The van der Waals surface area contributed by atoms with Gasteiger partial charge in [-0.2, -0.15) is 0 Å². The number of allylic oxidation sites excluding steroid dienone is 2. The highest BCUT2D eigenvalue weighted by atomic mass is 16.3. The van der Waals surface area contributed by atoms with E-state index in [0.29, 0.717) is 32.5 Å². The maximum absolute atomic E-state index is 10.3. The molecule has 4 heteroatoms. The molecule has 2 unspecified atom stereocenters. The van der Waals surface area contributed by atoms with E-state index in [-0.39, 0.29) is 6.61 Å². The van der Waals surface area contributed by atoms with Crippen LogP contribution in [0.3, 0.4) is 0 Å². The van der Waals surface area contributed by atoms with Crippen LogP contribution in [0, 0.1) is 0 Å². The Labute approximate surface area is 187 Å². The molecule has 0 aliphatic rings. The van der Waals surface area contributed by atoms with Gasteiger partial charge in [-0.05, 0) is 38.5 Å². The van der Waals surface area contributed by atoms with E-state index >= 15 is 0 Å². The monoisotopic (exact) mass is 425 g/mol. The Bertz CT molecular complexity index is 364. The van der Waals surface area contributed by atoms with Gasteiger partial charge in [-0.1, -0.05) is 89.5 Å². The molecule has 0 saturated heterocycles. The first kappa shape index (κ1) is 29.3. The minimum Gasteiger partial charge on any atom is -0.395 e. The smallest absolute Gasteiger partial charge is 0.0701 e. The Hall–Kier alpha value is -0.680. The number of hydrogen-bond acceptors (Lipinski definition) is 4. The van der Waals surface area contributed by atoms with Gasteiger partial charge < -0.3 is 15.3 Å². The van der Waals surface area contributed by atoms with Gasteiger partial charge in [0.05, 0.1) is 18.8 Å². The number of aliphatic hydroxyl groups excluding tert-OH is 3. The van der Waals surface area contributed by atoms with Crippen molar-refractivity contribution in [3.8, 4) is 0 Å². The lowest BCUT2D eigenvalue weighted by atomic mass is 10.1. The molecule has 0 saturated carbocycles. The minimum atomic E-state index is -0.459. The summed E-state index contributed by atoms with van der Waals surface area (Å²) in [7, 11) is 0. The summed E-state index contributed by atoms with van der Waals surface area (Å²) in [6.45, 7) is 5.96. The fraction of sp³-hybridized carbons (Fsp3) is 0.846. The summed E-state index contributed by atoms with van der Waals surface area (Å²) in [6.07, 6.45) is 23.9. The predicted octanol–water partition coefficient (Wildman–Crippen LogP) is 5.62. The molecular weight excluding hydrogens is 374 g/mol. The predicted molar refractivity (Wildman–Crippen MR) is 130 cm³/mol. The van der Waals surface area contributed by atoms with E-state index in [2.05, 4.69) is 38.2 Å². The molecule has 0 amide bonds. The van der Waals surface area contributed by atoms with E-state index in [9.17, 15) is 15.3 Å². The van der Waals surface area contributed by atoms with Crippen LogP contribution in [0.1, 0.15) is 104 Å². The van der Waals surface area contributed by atoms with Gasteiger partial charge >= 0.3 is 0 Å². The van der Waals surface area contributed by atoms with Crippen molar-refractivity contribution < 1.29 is 15.3 Å². The van der Waals surface area contributed by atoms with E-state index < -0.39 is 12.2 Å². The molecule has 0 aliphatic carbocycles. The van der Waals surface area contributed by atoms with E-state index in [1.54, 1.807) is 0 Å². The lowest BCUT2D eigenvalue weighted by Crippen LogP contribution is -2.39. The second-order valence-electron chi connectivity index (χ2n) is 8.61. The van der Waals surface area contributed by atoms with Crippen molar-refractivity contribution >= 4 is 0 Å². The van der Waals surface area contributed by atoms with Crippen LogP contribution in [0.15, 0.2) is 24.3 Å². The lowest BCUT2D eigenvalue weighted by molar-refractivity contribution is 0.0617. The van der Waals surface area contributed by atoms with Crippen LogP contribution in [0.2, 0.25) is 0 Å². The van der Waals surface area contributed by atoms with Gasteiger partial charge in [0.1, 0.15) is 0 Å². The van der Waals surface area contributed by atoms with E-state index in [1.807, 2.05) is 4.90 Å². The first-order valence-electron chi connectivity index (χ1n) is 12.6.